The minimum Gasteiger partial charge on any atom is -0.444 e. The predicted octanol–water partition coefficient (Wildman–Crippen LogP) is 5.08. The van der Waals surface area contributed by atoms with E-state index < -0.39 is 11.0 Å². The Bertz CT molecular complexity index is 885. The van der Waals surface area contributed by atoms with Gasteiger partial charge in [-0.1, -0.05) is 32.7 Å². The van der Waals surface area contributed by atoms with Crippen LogP contribution in [0.3, 0.4) is 0 Å². The first-order valence-electron chi connectivity index (χ1n) is 10.7. The number of imidazole rings is 1. The zero-order valence-corrected chi connectivity index (χ0v) is 21.0. The highest BCUT2D eigenvalue weighted by molar-refractivity contribution is 7.77. The van der Waals surface area contributed by atoms with Crippen LogP contribution in [0.2, 0.25) is 0 Å². The Morgan fingerprint density at radius 3 is 2.32 bits per heavy atom. The topological polar surface area (TPSA) is 85.2 Å². The number of thiol groups is 1. The van der Waals surface area contributed by atoms with Gasteiger partial charge in [0.2, 0.25) is 0 Å². The molecule has 8 heteroatoms. The summed E-state index contributed by atoms with van der Waals surface area (Å²) in [4.78, 5) is 21.8. The van der Waals surface area contributed by atoms with Crippen LogP contribution in [0, 0.1) is 18.3 Å². The number of fused-ring (bicyclic) bond motifs is 1. The molecule has 1 N–H and O–H groups in total. The van der Waals surface area contributed by atoms with Gasteiger partial charge in [-0.2, -0.15) is 5.26 Å². The second-order valence-corrected chi connectivity index (χ2v) is 9.41. The maximum absolute atomic E-state index is 12.2. The molecule has 2 heterocycles. The van der Waals surface area contributed by atoms with Crippen LogP contribution in [0.1, 0.15) is 58.8 Å². The lowest BCUT2D eigenvalue weighted by Gasteiger charge is -2.36. The van der Waals surface area contributed by atoms with Crippen LogP contribution in [0.15, 0.2) is 18.2 Å². The highest BCUT2D eigenvalue weighted by atomic mass is 32.1. The molecule has 1 amide bonds. The van der Waals surface area contributed by atoms with Gasteiger partial charge in [-0.3, -0.25) is 4.31 Å². The minimum absolute atomic E-state index is 0.320. The van der Waals surface area contributed by atoms with E-state index in [9.17, 15) is 10.1 Å². The predicted molar refractivity (Wildman–Crippen MR) is 129 cm³/mol. The number of aromatic nitrogens is 2. The second-order valence-electron chi connectivity index (χ2n) is 8.61. The van der Waals surface area contributed by atoms with Crippen molar-refractivity contribution in [3.05, 3.63) is 29.6 Å². The Balaban J connectivity index is 0.000000720. The molecular formula is C23H37N5O2S. The number of nitriles is 1. The van der Waals surface area contributed by atoms with Gasteiger partial charge in [0.15, 0.2) is 0 Å². The third-order valence-corrected chi connectivity index (χ3v) is 4.57. The molecule has 1 aromatic heterocycles. The van der Waals surface area contributed by atoms with Gasteiger partial charge in [-0.05, 0) is 72.3 Å². The van der Waals surface area contributed by atoms with Crippen molar-refractivity contribution in [3.8, 4) is 6.07 Å². The van der Waals surface area contributed by atoms with Gasteiger partial charge in [0.1, 0.15) is 16.8 Å². The van der Waals surface area contributed by atoms with Crippen molar-refractivity contribution in [2.45, 2.75) is 65.4 Å². The maximum Gasteiger partial charge on any atom is 0.410 e. The zero-order chi connectivity index (χ0) is 23.8. The molecule has 0 spiro atoms. The van der Waals surface area contributed by atoms with Crippen molar-refractivity contribution in [2.75, 3.05) is 27.2 Å². The number of benzene rings is 1. The molecule has 0 saturated carbocycles. The summed E-state index contributed by atoms with van der Waals surface area (Å²) < 4.78 is 7.12. The van der Waals surface area contributed by atoms with Gasteiger partial charge >= 0.3 is 6.09 Å². The van der Waals surface area contributed by atoms with Gasteiger partial charge in [-0.25, -0.2) is 9.78 Å². The van der Waals surface area contributed by atoms with E-state index >= 15 is 0 Å². The molecular weight excluding hydrogens is 410 g/mol. The van der Waals surface area contributed by atoms with Gasteiger partial charge in [-0.15, -0.1) is 0 Å². The monoisotopic (exact) mass is 447 g/mol. The van der Waals surface area contributed by atoms with E-state index in [-0.39, 0.29) is 6.09 Å². The standard InChI is InChI=1S/C19H24N4O2.C2H7NS.C2H6/c1-13-5-6-14-15(11-13)22-16(21-14)19(12-20)7-9-23(10-8-19)17(24)25-18(2,3)4;1-3(2)4;1-2/h5-6,11H,7-10H2,1-4H3,(H,21,22);4H,1-2H3;1-2H3. The molecule has 0 radical (unpaired) electrons. The lowest BCUT2D eigenvalue weighted by atomic mass is 9.79. The lowest BCUT2D eigenvalue weighted by molar-refractivity contribution is 0.0182. The van der Waals surface area contributed by atoms with Gasteiger partial charge in [0, 0.05) is 13.1 Å². The summed E-state index contributed by atoms with van der Waals surface area (Å²) in [6.07, 6.45) is 0.766. The number of nitrogens with zero attached hydrogens (tertiary/aromatic N) is 4. The number of carbonyl (C=O) groups is 1. The smallest absolute Gasteiger partial charge is 0.410 e. The summed E-state index contributed by atoms with van der Waals surface area (Å²) in [5.41, 5.74) is 1.75. The Labute approximate surface area is 192 Å². The number of aromatic amines is 1. The first-order valence-corrected chi connectivity index (χ1v) is 11.1. The Hall–Kier alpha value is -2.24. The van der Waals surface area contributed by atoms with Crippen molar-refractivity contribution < 1.29 is 9.53 Å². The molecule has 0 bridgehead atoms. The van der Waals surface area contributed by atoms with Crippen LogP contribution < -0.4 is 0 Å². The van der Waals surface area contributed by atoms with Crippen LogP contribution in [0.5, 0.6) is 0 Å². The van der Waals surface area contributed by atoms with Gasteiger partial charge in [0.25, 0.3) is 0 Å². The van der Waals surface area contributed by atoms with Crippen molar-refractivity contribution in [1.29, 1.82) is 5.26 Å². The molecule has 1 aliphatic rings. The van der Waals surface area contributed by atoms with Gasteiger partial charge < -0.3 is 14.6 Å². The molecule has 3 rings (SSSR count). The Morgan fingerprint density at radius 2 is 1.84 bits per heavy atom. The number of ether oxygens (including phenoxy) is 1. The lowest BCUT2D eigenvalue weighted by Crippen LogP contribution is -2.46. The summed E-state index contributed by atoms with van der Waals surface area (Å²) in [5.74, 6) is 0.694. The van der Waals surface area contributed by atoms with Crippen molar-refractivity contribution in [1.82, 2.24) is 19.2 Å². The molecule has 1 aromatic carbocycles. The molecule has 2 aromatic rings. The molecule has 0 atom stereocenters. The molecule has 1 aliphatic heterocycles. The molecule has 172 valence electrons. The van der Waals surface area contributed by atoms with E-state index in [0.717, 1.165) is 16.6 Å². The van der Waals surface area contributed by atoms with E-state index in [1.165, 1.54) is 0 Å². The quantitative estimate of drug-likeness (QED) is 0.595. The number of nitrogens with one attached hydrogen (secondary N) is 1. The van der Waals surface area contributed by atoms with E-state index in [0.29, 0.717) is 31.8 Å². The highest BCUT2D eigenvalue weighted by Gasteiger charge is 2.41. The fraction of sp³-hybridized carbons (Fsp3) is 0.609. The third kappa shape index (κ3) is 7.75. The number of amides is 1. The average Bonchev–Trinajstić information content (AvgIpc) is 3.11. The minimum atomic E-state index is -0.689. The number of aryl methyl sites for hydroxylation is 1. The van der Waals surface area contributed by atoms with E-state index in [2.05, 4.69) is 28.9 Å². The molecule has 1 fully saturated rings. The second kappa shape index (κ2) is 11.4. The number of carbonyl (C=O) groups excluding carboxylic acids is 1. The molecule has 7 nitrogen and oxygen atoms in total. The molecule has 31 heavy (non-hydrogen) atoms. The first-order chi connectivity index (χ1) is 14.5. The molecule has 0 unspecified atom stereocenters. The fourth-order valence-corrected chi connectivity index (χ4v) is 3.15. The molecule has 0 aliphatic carbocycles. The fourth-order valence-electron chi connectivity index (χ4n) is 3.15. The van der Waals surface area contributed by atoms with Crippen LogP contribution in [0.4, 0.5) is 4.79 Å². The Kier molecular flexibility index (Phi) is 9.85. The van der Waals surface area contributed by atoms with E-state index in [1.807, 2.05) is 73.8 Å². The van der Waals surface area contributed by atoms with Crippen LogP contribution >= 0.6 is 12.8 Å². The normalized spacial score (nSPS) is 15.3. The number of piperidine rings is 1. The summed E-state index contributed by atoms with van der Waals surface area (Å²) in [6, 6.07) is 8.45. The average molecular weight is 448 g/mol. The number of rotatable bonds is 1. The number of hydrogen-bond donors (Lipinski definition) is 2. The Morgan fingerprint density at radius 1 is 1.29 bits per heavy atom. The number of likely N-dealkylation sites (tertiary alicyclic amines) is 1. The first kappa shape index (κ1) is 26.8. The van der Waals surface area contributed by atoms with E-state index in [4.69, 9.17) is 4.74 Å². The van der Waals surface area contributed by atoms with Gasteiger partial charge in [0.05, 0.1) is 17.1 Å². The third-order valence-electron chi connectivity index (χ3n) is 4.57. The van der Waals surface area contributed by atoms with Crippen molar-refractivity contribution in [2.24, 2.45) is 0 Å². The summed E-state index contributed by atoms with van der Waals surface area (Å²) in [7, 11) is 3.73. The number of hydrogen-bond acceptors (Lipinski definition) is 6. The van der Waals surface area contributed by atoms with Crippen LogP contribution in [-0.2, 0) is 10.2 Å². The summed E-state index contributed by atoms with van der Waals surface area (Å²) >= 11 is 3.80. The maximum atomic E-state index is 12.2. The SMILES string of the molecule is CC.CN(C)S.Cc1ccc2nc(C3(C#N)CCN(C(=O)OC(C)(C)C)CC3)[nH]c2c1. The van der Waals surface area contributed by atoms with Crippen LogP contribution in [-0.4, -0.2) is 58.1 Å². The summed E-state index contributed by atoms with van der Waals surface area (Å²) in [5, 5.41) is 9.84. The molecule has 1 saturated heterocycles. The largest absolute Gasteiger partial charge is 0.444 e. The summed E-state index contributed by atoms with van der Waals surface area (Å²) in [6.45, 7) is 12.6. The zero-order valence-electron chi connectivity index (χ0n) is 20.1. The van der Waals surface area contributed by atoms with Crippen LogP contribution in [0.25, 0.3) is 11.0 Å². The van der Waals surface area contributed by atoms with E-state index in [1.54, 1.807) is 9.21 Å². The number of H-pyrrole nitrogens is 1. The highest BCUT2D eigenvalue weighted by Crippen LogP contribution is 2.35. The van der Waals surface area contributed by atoms with Crippen molar-refractivity contribution in [3.63, 3.8) is 0 Å². The van der Waals surface area contributed by atoms with Crippen molar-refractivity contribution >= 4 is 29.9 Å².